The van der Waals surface area contributed by atoms with Crippen LogP contribution in [0.3, 0.4) is 0 Å². The zero-order valence-electron chi connectivity index (χ0n) is 16.5. The summed E-state index contributed by atoms with van der Waals surface area (Å²) in [5.41, 5.74) is 0.596. The second-order valence-corrected chi connectivity index (χ2v) is 9.77. The number of amides is 1. The van der Waals surface area contributed by atoms with Crippen LogP contribution in [0.2, 0.25) is 0 Å². The maximum Gasteiger partial charge on any atom is 0.243 e. The fourth-order valence-electron chi connectivity index (χ4n) is 3.24. The first kappa shape index (κ1) is 21.4. The van der Waals surface area contributed by atoms with E-state index in [4.69, 9.17) is 4.74 Å². The lowest BCUT2D eigenvalue weighted by Gasteiger charge is -2.30. The number of hydrogen-bond acceptors (Lipinski definition) is 7. The molecular weight excluding hydrogens is 414 g/mol. The molecule has 0 atom stereocenters. The van der Waals surface area contributed by atoms with Crippen molar-refractivity contribution < 1.29 is 22.7 Å². The molecule has 2 aromatic rings. The number of piperidine rings is 1. The van der Waals surface area contributed by atoms with E-state index in [0.29, 0.717) is 34.3 Å². The molecule has 1 amide bonds. The molecule has 1 aromatic heterocycles. The van der Waals surface area contributed by atoms with Gasteiger partial charge < -0.3 is 10.1 Å². The molecule has 0 radical (unpaired) electrons. The number of carbonyl (C=O) groups is 2. The summed E-state index contributed by atoms with van der Waals surface area (Å²) < 4.78 is 32.1. The van der Waals surface area contributed by atoms with Gasteiger partial charge in [0, 0.05) is 25.9 Å². The van der Waals surface area contributed by atoms with E-state index in [2.05, 4.69) is 10.3 Å². The first-order valence-electron chi connectivity index (χ1n) is 9.16. The van der Waals surface area contributed by atoms with Crippen molar-refractivity contribution in [3.05, 3.63) is 34.8 Å². The SMILES string of the molecule is COc1ccc(S(=O)(=O)N2CCC(C(=O)Nc3nc(C)c(C(C)=O)s3)CC2)cc1. The van der Waals surface area contributed by atoms with E-state index in [0.717, 1.165) is 11.3 Å². The van der Waals surface area contributed by atoms with Gasteiger partial charge in [0.05, 0.1) is 22.6 Å². The predicted molar refractivity (Wildman–Crippen MR) is 110 cm³/mol. The lowest BCUT2D eigenvalue weighted by Crippen LogP contribution is -2.41. The van der Waals surface area contributed by atoms with E-state index in [1.54, 1.807) is 19.1 Å². The van der Waals surface area contributed by atoms with Crippen molar-refractivity contribution >= 4 is 38.2 Å². The van der Waals surface area contributed by atoms with Crippen LogP contribution in [0.1, 0.15) is 35.1 Å². The van der Waals surface area contributed by atoms with Crippen molar-refractivity contribution in [1.29, 1.82) is 0 Å². The molecule has 2 heterocycles. The highest BCUT2D eigenvalue weighted by atomic mass is 32.2. The number of thiazole rings is 1. The molecule has 8 nitrogen and oxygen atoms in total. The number of rotatable bonds is 6. The van der Waals surface area contributed by atoms with Gasteiger partial charge in [-0.1, -0.05) is 11.3 Å². The third-order valence-electron chi connectivity index (χ3n) is 4.87. The Labute approximate surface area is 173 Å². The molecule has 0 saturated carbocycles. The Morgan fingerprint density at radius 2 is 1.83 bits per heavy atom. The van der Waals surface area contributed by atoms with Gasteiger partial charge in [-0.2, -0.15) is 4.31 Å². The number of ether oxygens (including phenoxy) is 1. The summed E-state index contributed by atoms with van der Waals surface area (Å²) in [6.07, 6.45) is 0.844. The molecule has 29 heavy (non-hydrogen) atoms. The summed E-state index contributed by atoms with van der Waals surface area (Å²) in [4.78, 5) is 29.0. The minimum atomic E-state index is -3.61. The number of Topliss-reactive ketones (excluding diaryl/α,β-unsaturated/α-hetero) is 1. The molecule has 0 unspecified atom stereocenters. The molecule has 10 heteroatoms. The van der Waals surface area contributed by atoms with Crippen LogP contribution in [-0.4, -0.2) is 49.6 Å². The molecule has 0 aliphatic carbocycles. The fourth-order valence-corrected chi connectivity index (χ4v) is 5.57. The highest BCUT2D eigenvalue weighted by molar-refractivity contribution is 7.89. The van der Waals surface area contributed by atoms with Gasteiger partial charge >= 0.3 is 0 Å². The van der Waals surface area contributed by atoms with E-state index >= 15 is 0 Å². The highest BCUT2D eigenvalue weighted by Gasteiger charge is 2.32. The first-order valence-corrected chi connectivity index (χ1v) is 11.4. The number of nitrogens with one attached hydrogen (secondary N) is 1. The highest BCUT2D eigenvalue weighted by Crippen LogP contribution is 2.27. The van der Waals surface area contributed by atoms with Crippen LogP contribution < -0.4 is 10.1 Å². The van der Waals surface area contributed by atoms with Gasteiger partial charge in [-0.3, -0.25) is 9.59 Å². The Balaban J connectivity index is 1.61. The van der Waals surface area contributed by atoms with Crippen LogP contribution in [0.25, 0.3) is 0 Å². The quantitative estimate of drug-likeness (QED) is 0.697. The summed E-state index contributed by atoms with van der Waals surface area (Å²) >= 11 is 1.16. The van der Waals surface area contributed by atoms with Crippen LogP contribution in [0.15, 0.2) is 29.2 Å². The molecule has 1 aromatic carbocycles. The third kappa shape index (κ3) is 4.65. The number of hydrogen-bond donors (Lipinski definition) is 1. The molecule has 156 valence electrons. The number of aromatic nitrogens is 1. The zero-order valence-corrected chi connectivity index (χ0v) is 18.1. The van der Waals surface area contributed by atoms with Crippen molar-refractivity contribution in [3.63, 3.8) is 0 Å². The summed E-state index contributed by atoms with van der Waals surface area (Å²) in [5.74, 6) is -0.000113. The van der Waals surface area contributed by atoms with Crippen LogP contribution in [0.5, 0.6) is 5.75 Å². The minimum Gasteiger partial charge on any atom is -0.497 e. The van der Waals surface area contributed by atoms with E-state index in [9.17, 15) is 18.0 Å². The Morgan fingerprint density at radius 1 is 1.21 bits per heavy atom. The second-order valence-electron chi connectivity index (χ2n) is 6.83. The zero-order chi connectivity index (χ0) is 21.2. The van der Waals surface area contributed by atoms with Crippen molar-refractivity contribution in [3.8, 4) is 5.75 Å². The maximum atomic E-state index is 12.8. The predicted octanol–water partition coefficient (Wildman–Crippen LogP) is 2.70. The number of ketones is 1. The van der Waals surface area contributed by atoms with Crippen LogP contribution in [-0.2, 0) is 14.8 Å². The van der Waals surface area contributed by atoms with Gasteiger partial charge in [-0.25, -0.2) is 13.4 Å². The molecule has 0 bridgehead atoms. The van der Waals surface area contributed by atoms with E-state index in [1.165, 1.54) is 30.5 Å². The molecular formula is C19H23N3O5S2. The topological polar surface area (TPSA) is 106 Å². The molecule has 1 aliphatic heterocycles. The fraction of sp³-hybridized carbons (Fsp3) is 0.421. The summed E-state index contributed by atoms with van der Waals surface area (Å²) in [6, 6.07) is 6.26. The van der Waals surface area contributed by atoms with E-state index < -0.39 is 10.0 Å². The molecule has 1 fully saturated rings. The number of carbonyl (C=O) groups excluding carboxylic acids is 2. The number of methoxy groups -OCH3 is 1. The van der Waals surface area contributed by atoms with Crippen molar-refractivity contribution in [2.45, 2.75) is 31.6 Å². The Hall–Kier alpha value is -2.30. The second kappa shape index (κ2) is 8.60. The van der Waals surface area contributed by atoms with Gasteiger partial charge in [0.25, 0.3) is 0 Å². The number of benzene rings is 1. The summed E-state index contributed by atoms with van der Waals surface area (Å²) in [7, 11) is -2.09. The summed E-state index contributed by atoms with van der Waals surface area (Å²) in [5, 5.41) is 3.15. The lowest BCUT2D eigenvalue weighted by atomic mass is 9.97. The van der Waals surface area contributed by atoms with Gasteiger partial charge in [0.2, 0.25) is 15.9 Å². The summed E-state index contributed by atoms with van der Waals surface area (Å²) in [6.45, 7) is 3.72. The normalized spacial score (nSPS) is 15.8. The molecule has 1 aliphatic rings. The molecule has 0 spiro atoms. The number of aryl methyl sites for hydroxylation is 1. The minimum absolute atomic E-state index is 0.0856. The average molecular weight is 438 g/mol. The molecule has 1 saturated heterocycles. The monoisotopic (exact) mass is 437 g/mol. The van der Waals surface area contributed by atoms with Gasteiger partial charge in [0.15, 0.2) is 10.9 Å². The maximum absolute atomic E-state index is 12.8. The average Bonchev–Trinajstić information content (AvgIpc) is 3.08. The van der Waals surface area contributed by atoms with Crippen LogP contribution in [0, 0.1) is 12.8 Å². The largest absolute Gasteiger partial charge is 0.497 e. The van der Waals surface area contributed by atoms with Crippen molar-refractivity contribution in [2.75, 3.05) is 25.5 Å². The Morgan fingerprint density at radius 3 is 2.34 bits per heavy atom. The third-order valence-corrected chi connectivity index (χ3v) is 7.95. The number of nitrogens with zero attached hydrogens (tertiary/aromatic N) is 2. The van der Waals surface area contributed by atoms with Gasteiger partial charge in [-0.05, 0) is 44.0 Å². The van der Waals surface area contributed by atoms with Crippen molar-refractivity contribution in [1.82, 2.24) is 9.29 Å². The molecule has 1 N–H and O–H groups in total. The molecule has 3 rings (SSSR count). The van der Waals surface area contributed by atoms with Gasteiger partial charge in [0.1, 0.15) is 5.75 Å². The Kier molecular flexibility index (Phi) is 6.35. The smallest absolute Gasteiger partial charge is 0.243 e. The van der Waals surface area contributed by atoms with E-state index in [-0.39, 0.29) is 35.6 Å². The number of sulfonamides is 1. The van der Waals surface area contributed by atoms with Crippen LogP contribution in [0.4, 0.5) is 5.13 Å². The standard InChI is InChI=1S/C19H23N3O5S2/c1-12-17(13(2)23)28-19(20-12)21-18(24)14-8-10-22(11-9-14)29(25,26)16-6-4-15(27-3)5-7-16/h4-7,14H,8-11H2,1-3H3,(H,20,21,24). The lowest BCUT2D eigenvalue weighted by molar-refractivity contribution is -0.120. The first-order chi connectivity index (χ1) is 13.7. The van der Waals surface area contributed by atoms with Crippen LogP contribution >= 0.6 is 11.3 Å². The van der Waals surface area contributed by atoms with Gasteiger partial charge in [-0.15, -0.1) is 0 Å². The van der Waals surface area contributed by atoms with E-state index in [1.807, 2.05) is 0 Å². The number of anilines is 1. The Bertz CT molecular complexity index is 1010. The van der Waals surface area contributed by atoms with Crippen molar-refractivity contribution in [2.24, 2.45) is 5.92 Å².